The molecular formula is C23H34O2. The second-order valence-electron chi connectivity index (χ2n) is 9.75. The fraction of sp³-hybridized carbons (Fsp3) is 0.783. The van der Waals surface area contributed by atoms with Gasteiger partial charge in [0, 0.05) is 0 Å². The van der Waals surface area contributed by atoms with Crippen molar-refractivity contribution in [2.75, 3.05) is 0 Å². The summed E-state index contributed by atoms with van der Waals surface area (Å²) in [6.45, 7) is 5.10. The van der Waals surface area contributed by atoms with E-state index in [1.807, 2.05) is 6.08 Å². The molecule has 4 rings (SSSR count). The van der Waals surface area contributed by atoms with Gasteiger partial charge in [0.25, 0.3) is 0 Å². The van der Waals surface area contributed by atoms with Crippen LogP contribution in [0.4, 0.5) is 0 Å². The average Bonchev–Trinajstić information content (AvgIpc) is 2.91. The molecule has 0 aromatic carbocycles. The van der Waals surface area contributed by atoms with Crippen LogP contribution in [-0.4, -0.2) is 11.1 Å². The number of carbonyl (C=O) groups is 1. The lowest BCUT2D eigenvalue weighted by Gasteiger charge is -2.60. The zero-order valence-electron chi connectivity index (χ0n) is 16.0. The maximum atomic E-state index is 10.8. The molecular weight excluding hydrogens is 308 g/mol. The molecule has 0 aliphatic heterocycles. The Hall–Kier alpha value is -1.05. The molecule has 0 aromatic heterocycles. The number of rotatable bonds is 3. The summed E-state index contributed by atoms with van der Waals surface area (Å²) in [4.78, 5) is 10.8. The van der Waals surface area contributed by atoms with Crippen LogP contribution in [0.25, 0.3) is 0 Å². The van der Waals surface area contributed by atoms with E-state index in [9.17, 15) is 4.79 Å². The van der Waals surface area contributed by atoms with Gasteiger partial charge in [-0.2, -0.15) is 0 Å². The van der Waals surface area contributed by atoms with Gasteiger partial charge in [0.05, 0.1) is 6.42 Å². The molecule has 3 saturated carbocycles. The normalized spacial score (nSPS) is 46.2. The zero-order chi connectivity index (χ0) is 17.7. The SMILES string of the molecule is C[C@]12CCCCC1CC[C@@H]1[C@@H]2CC[C@]2(C)C(C=CCC(=O)O)=CC[C@@H]12. The molecule has 1 N–H and O–H groups in total. The van der Waals surface area contributed by atoms with Crippen molar-refractivity contribution in [1.29, 1.82) is 0 Å². The summed E-state index contributed by atoms with van der Waals surface area (Å²) in [5, 5.41) is 8.91. The molecule has 138 valence electrons. The molecule has 0 radical (unpaired) electrons. The van der Waals surface area contributed by atoms with E-state index in [4.69, 9.17) is 5.11 Å². The number of carboxylic acid groups (broad SMARTS) is 1. The quantitative estimate of drug-likeness (QED) is 0.684. The third-order valence-electron chi connectivity index (χ3n) is 8.81. The Bertz CT molecular complexity index is 603. The molecule has 0 aromatic rings. The minimum atomic E-state index is -0.733. The topological polar surface area (TPSA) is 37.3 Å². The fourth-order valence-corrected chi connectivity index (χ4v) is 7.44. The highest BCUT2D eigenvalue weighted by Gasteiger charge is 2.57. The van der Waals surface area contributed by atoms with Gasteiger partial charge >= 0.3 is 5.97 Å². The molecule has 2 heteroatoms. The number of aliphatic carboxylic acids is 1. The van der Waals surface area contributed by atoms with E-state index in [0.29, 0.717) is 5.41 Å². The number of hydrogen-bond acceptors (Lipinski definition) is 1. The first kappa shape index (κ1) is 17.4. The minimum absolute atomic E-state index is 0.143. The van der Waals surface area contributed by atoms with E-state index < -0.39 is 5.97 Å². The Morgan fingerprint density at radius 2 is 2.00 bits per heavy atom. The highest BCUT2D eigenvalue weighted by Crippen LogP contribution is 2.66. The average molecular weight is 343 g/mol. The van der Waals surface area contributed by atoms with Gasteiger partial charge in [-0.25, -0.2) is 0 Å². The predicted octanol–water partition coefficient (Wildman–Crippen LogP) is 5.99. The van der Waals surface area contributed by atoms with E-state index in [-0.39, 0.29) is 11.8 Å². The van der Waals surface area contributed by atoms with Crippen molar-refractivity contribution in [3.8, 4) is 0 Å². The maximum absolute atomic E-state index is 10.8. The van der Waals surface area contributed by atoms with Crippen molar-refractivity contribution in [1.82, 2.24) is 0 Å². The van der Waals surface area contributed by atoms with Crippen molar-refractivity contribution in [3.63, 3.8) is 0 Å². The van der Waals surface area contributed by atoms with Gasteiger partial charge in [-0.1, -0.05) is 44.9 Å². The van der Waals surface area contributed by atoms with Gasteiger partial charge in [-0.15, -0.1) is 0 Å². The van der Waals surface area contributed by atoms with Crippen LogP contribution in [0.2, 0.25) is 0 Å². The summed E-state index contributed by atoms with van der Waals surface area (Å²) in [7, 11) is 0. The number of carboxylic acids is 1. The van der Waals surface area contributed by atoms with Gasteiger partial charge < -0.3 is 5.11 Å². The summed E-state index contributed by atoms with van der Waals surface area (Å²) >= 11 is 0. The second-order valence-corrected chi connectivity index (χ2v) is 9.75. The molecule has 0 heterocycles. The Labute approximate surface area is 152 Å². The Morgan fingerprint density at radius 3 is 2.80 bits per heavy atom. The molecule has 4 aliphatic carbocycles. The summed E-state index contributed by atoms with van der Waals surface area (Å²) in [5.74, 6) is 2.86. The van der Waals surface area contributed by atoms with Crippen LogP contribution in [0.5, 0.6) is 0 Å². The van der Waals surface area contributed by atoms with Crippen LogP contribution in [0.1, 0.15) is 78.1 Å². The van der Waals surface area contributed by atoms with Crippen molar-refractivity contribution < 1.29 is 9.90 Å². The van der Waals surface area contributed by atoms with Gasteiger partial charge in [0.15, 0.2) is 0 Å². The molecule has 6 atom stereocenters. The summed E-state index contributed by atoms with van der Waals surface area (Å²) in [6, 6.07) is 0. The molecule has 2 nitrogen and oxygen atoms in total. The van der Waals surface area contributed by atoms with E-state index in [1.54, 1.807) is 0 Å². The summed E-state index contributed by atoms with van der Waals surface area (Å²) in [5.41, 5.74) is 2.31. The highest BCUT2D eigenvalue weighted by molar-refractivity contribution is 5.68. The third kappa shape index (κ3) is 2.71. The van der Waals surface area contributed by atoms with E-state index in [2.05, 4.69) is 26.0 Å². The van der Waals surface area contributed by atoms with E-state index in [1.165, 1.54) is 63.4 Å². The standard InChI is InChI=1S/C23H34O2/c1-22-14-4-3-6-16(22)9-11-18-19-12-10-17(7-5-8-21(24)25)23(19,2)15-13-20(18)22/h5,7,10,16,18-20H,3-4,6,8-9,11-15H2,1-2H3,(H,24,25)/t16?,18-,19-,20-,22-,23+/m0/s1. The smallest absolute Gasteiger partial charge is 0.307 e. The third-order valence-corrected chi connectivity index (χ3v) is 8.81. The second kappa shape index (κ2) is 6.28. The molecule has 0 spiro atoms. The molecule has 0 amide bonds. The lowest BCUT2D eigenvalue weighted by Crippen LogP contribution is -2.52. The van der Waals surface area contributed by atoms with Crippen molar-refractivity contribution in [2.24, 2.45) is 34.5 Å². The number of allylic oxidation sites excluding steroid dienone is 3. The predicted molar refractivity (Wildman–Crippen MR) is 101 cm³/mol. The van der Waals surface area contributed by atoms with E-state index >= 15 is 0 Å². The van der Waals surface area contributed by atoms with Crippen molar-refractivity contribution >= 4 is 5.97 Å². The largest absolute Gasteiger partial charge is 0.481 e. The highest BCUT2D eigenvalue weighted by atomic mass is 16.4. The first-order chi connectivity index (χ1) is 11.9. The molecule has 0 bridgehead atoms. The van der Waals surface area contributed by atoms with E-state index in [0.717, 1.165) is 23.7 Å². The number of fused-ring (bicyclic) bond motifs is 5. The van der Waals surface area contributed by atoms with Crippen LogP contribution >= 0.6 is 0 Å². The first-order valence-electron chi connectivity index (χ1n) is 10.5. The van der Waals surface area contributed by atoms with Crippen molar-refractivity contribution in [3.05, 3.63) is 23.8 Å². The minimum Gasteiger partial charge on any atom is -0.481 e. The summed E-state index contributed by atoms with van der Waals surface area (Å²) in [6.07, 6.45) is 19.2. The lowest BCUT2D eigenvalue weighted by molar-refractivity contribution is -0.136. The molecule has 25 heavy (non-hydrogen) atoms. The van der Waals surface area contributed by atoms with Gasteiger partial charge in [-0.3, -0.25) is 4.79 Å². The van der Waals surface area contributed by atoms with Gasteiger partial charge in [-0.05, 0) is 85.0 Å². The Balaban J connectivity index is 1.54. The number of hydrogen-bond donors (Lipinski definition) is 1. The first-order valence-corrected chi connectivity index (χ1v) is 10.5. The van der Waals surface area contributed by atoms with Gasteiger partial charge in [0.1, 0.15) is 0 Å². The summed E-state index contributed by atoms with van der Waals surface area (Å²) < 4.78 is 0. The van der Waals surface area contributed by atoms with Gasteiger partial charge in [0.2, 0.25) is 0 Å². The van der Waals surface area contributed by atoms with Crippen molar-refractivity contribution in [2.45, 2.75) is 78.1 Å². The molecule has 0 saturated heterocycles. The Morgan fingerprint density at radius 1 is 1.16 bits per heavy atom. The molecule has 4 aliphatic rings. The van der Waals surface area contributed by atoms with Crippen LogP contribution < -0.4 is 0 Å². The molecule has 1 unspecified atom stereocenters. The van der Waals surface area contributed by atoms with Crippen LogP contribution in [0.15, 0.2) is 23.8 Å². The maximum Gasteiger partial charge on any atom is 0.307 e. The van der Waals surface area contributed by atoms with Crippen LogP contribution in [0.3, 0.4) is 0 Å². The Kier molecular flexibility index (Phi) is 4.37. The molecule has 3 fully saturated rings. The zero-order valence-corrected chi connectivity index (χ0v) is 16.0. The van der Waals surface area contributed by atoms with Crippen LogP contribution in [0, 0.1) is 34.5 Å². The fourth-order valence-electron chi connectivity index (χ4n) is 7.44. The van der Waals surface area contributed by atoms with Crippen LogP contribution in [-0.2, 0) is 4.79 Å². The lowest BCUT2D eigenvalue weighted by atomic mass is 9.45. The monoisotopic (exact) mass is 342 g/mol.